The second-order valence-corrected chi connectivity index (χ2v) is 8.60. The van der Waals surface area contributed by atoms with Crippen molar-refractivity contribution in [2.75, 3.05) is 18.9 Å². The molecule has 0 saturated heterocycles. The third-order valence-corrected chi connectivity index (χ3v) is 5.50. The molecule has 0 fully saturated rings. The van der Waals surface area contributed by atoms with Gasteiger partial charge in [0.25, 0.3) is 0 Å². The van der Waals surface area contributed by atoms with Crippen LogP contribution in [0, 0.1) is 0 Å². The van der Waals surface area contributed by atoms with Gasteiger partial charge in [-0.25, -0.2) is 8.51 Å². The minimum Gasteiger partial charge on any atom is -0.326 e. The van der Waals surface area contributed by atoms with Gasteiger partial charge in [-0.05, 0) is 64.3 Å². The van der Waals surface area contributed by atoms with Gasteiger partial charge in [0.1, 0.15) is 0 Å². The number of aryl methyl sites for hydroxylation is 1. The number of nitrogens with zero attached hydrogens (tertiary/aromatic N) is 1. The summed E-state index contributed by atoms with van der Waals surface area (Å²) in [7, 11) is 0.937. The largest absolute Gasteiger partial charge is 0.326 e. The average molecular weight is 353 g/mol. The monoisotopic (exact) mass is 352 g/mol. The van der Waals surface area contributed by atoms with E-state index in [-0.39, 0.29) is 11.2 Å². The van der Waals surface area contributed by atoms with Crippen molar-refractivity contribution in [2.45, 2.75) is 64.5 Å². The third kappa shape index (κ3) is 8.06. The minimum absolute atomic E-state index is 0.0453. The van der Waals surface area contributed by atoms with Crippen molar-refractivity contribution in [2.24, 2.45) is 0 Å². The van der Waals surface area contributed by atoms with Gasteiger partial charge in [-0.15, -0.1) is 0 Å². The first-order valence-corrected chi connectivity index (χ1v) is 10.1. The summed E-state index contributed by atoms with van der Waals surface area (Å²) in [5, 5.41) is 3.08. The van der Waals surface area contributed by atoms with Crippen LogP contribution in [0.4, 0.5) is 5.69 Å². The SMILES string of the molecule is CCCCc1ccc(NC(=O)CCCCN(C)S(=O)C(C)C)cc1. The number of rotatable bonds is 11. The van der Waals surface area contributed by atoms with Crippen molar-refractivity contribution in [3.05, 3.63) is 29.8 Å². The number of benzene rings is 1. The molecule has 0 aromatic heterocycles. The predicted octanol–water partition coefficient (Wildman–Crippen LogP) is 4.14. The molecule has 1 amide bonds. The number of amides is 1. The summed E-state index contributed by atoms with van der Waals surface area (Å²) in [4.78, 5) is 12.0. The van der Waals surface area contributed by atoms with Crippen LogP contribution in [0.1, 0.15) is 58.4 Å². The van der Waals surface area contributed by atoms with E-state index in [2.05, 4.69) is 24.4 Å². The Morgan fingerprint density at radius 2 is 1.83 bits per heavy atom. The number of hydrogen-bond acceptors (Lipinski definition) is 2. The van der Waals surface area contributed by atoms with E-state index in [9.17, 15) is 9.00 Å². The number of unbranched alkanes of at least 4 members (excludes halogenated alkanes) is 2. The van der Waals surface area contributed by atoms with Crippen molar-refractivity contribution in [3.63, 3.8) is 0 Å². The van der Waals surface area contributed by atoms with Gasteiger partial charge in [-0.3, -0.25) is 4.79 Å². The summed E-state index contributed by atoms with van der Waals surface area (Å²) in [6, 6.07) is 8.12. The maximum absolute atomic E-state index is 12.0. The van der Waals surface area contributed by atoms with Crippen LogP contribution in [0.3, 0.4) is 0 Å². The van der Waals surface area contributed by atoms with Crippen molar-refractivity contribution in [1.29, 1.82) is 0 Å². The Balaban J connectivity index is 2.25. The van der Waals surface area contributed by atoms with E-state index >= 15 is 0 Å². The highest BCUT2D eigenvalue weighted by molar-refractivity contribution is 7.83. The molecule has 5 heteroatoms. The van der Waals surface area contributed by atoms with Crippen molar-refractivity contribution >= 4 is 22.6 Å². The lowest BCUT2D eigenvalue weighted by molar-refractivity contribution is -0.116. The Kier molecular flexibility index (Phi) is 9.88. The van der Waals surface area contributed by atoms with Crippen molar-refractivity contribution in [1.82, 2.24) is 4.31 Å². The van der Waals surface area contributed by atoms with E-state index in [1.807, 2.05) is 37.3 Å². The zero-order valence-corrected chi connectivity index (χ0v) is 16.3. The third-order valence-electron chi connectivity index (χ3n) is 3.89. The molecule has 4 nitrogen and oxygen atoms in total. The van der Waals surface area contributed by atoms with Crippen molar-refractivity contribution in [3.8, 4) is 0 Å². The quantitative estimate of drug-likeness (QED) is 0.608. The zero-order valence-electron chi connectivity index (χ0n) is 15.5. The molecule has 0 aliphatic heterocycles. The van der Waals surface area contributed by atoms with Crippen LogP contribution in [0.5, 0.6) is 0 Å². The lowest BCUT2D eigenvalue weighted by Crippen LogP contribution is -2.28. The van der Waals surface area contributed by atoms with Gasteiger partial charge in [0, 0.05) is 23.9 Å². The fourth-order valence-corrected chi connectivity index (χ4v) is 3.46. The molecule has 0 radical (unpaired) electrons. The number of carbonyl (C=O) groups excluding carboxylic acids is 1. The second kappa shape index (κ2) is 11.4. The summed E-state index contributed by atoms with van der Waals surface area (Å²) in [6.45, 7) is 6.85. The Bertz CT molecular complexity index is 515. The summed E-state index contributed by atoms with van der Waals surface area (Å²) in [6.07, 6.45) is 5.66. The normalized spacial score (nSPS) is 12.6. The topological polar surface area (TPSA) is 49.4 Å². The van der Waals surface area contributed by atoms with Gasteiger partial charge < -0.3 is 5.32 Å². The zero-order chi connectivity index (χ0) is 17.9. The van der Waals surface area contributed by atoms with E-state index in [4.69, 9.17) is 0 Å². The van der Waals surface area contributed by atoms with Crippen LogP contribution in [0.25, 0.3) is 0 Å². The van der Waals surface area contributed by atoms with Crippen LogP contribution in [-0.4, -0.2) is 33.3 Å². The highest BCUT2D eigenvalue weighted by Crippen LogP contribution is 2.12. The van der Waals surface area contributed by atoms with Gasteiger partial charge in [-0.2, -0.15) is 0 Å². The maximum atomic E-state index is 12.0. The summed E-state index contributed by atoms with van der Waals surface area (Å²) >= 11 is 0. The molecule has 1 unspecified atom stereocenters. The predicted molar refractivity (Wildman–Crippen MR) is 103 cm³/mol. The van der Waals surface area contributed by atoms with Gasteiger partial charge in [-0.1, -0.05) is 25.5 Å². The maximum Gasteiger partial charge on any atom is 0.224 e. The highest BCUT2D eigenvalue weighted by atomic mass is 32.2. The van der Waals surface area contributed by atoms with Gasteiger partial charge in [0.2, 0.25) is 5.91 Å². The molecule has 1 rings (SSSR count). The smallest absolute Gasteiger partial charge is 0.224 e. The summed E-state index contributed by atoms with van der Waals surface area (Å²) in [5.41, 5.74) is 2.18. The Labute approximate surface area is 149 Å². The summed E-state index contributed by atoms with van der Waals surface area (Å²) in [5.74, 6) is 0.0453. The standard InChI is InChI=1S/C19H32N2O2S/c1-5-6-9-17-11-13-18(14-12-17)20-19(22)10-7-8-15-21(4)24(23)16(2)3/h11-14,16H,5-10,15H2,1-4H3,(H,20,22). The molecule has 0 heterocycles. The molecule has 0 aliphatic carbocycles. The van der Waals surface area contributed by atoms with Crippen molar-refractivity contribution < 1.29 is 9.00 Å². The Hall–Kier alpha value is -1.20. The van der Waals surface area contributed by atoms with Crippen LogP contribution >= 0.6 is 0 Å². The summed E-state index contributed by atoms with van der Waals surface area (Å²) < 4.78 is 13.7. The number of carbonyl (C=O) groups is 1. The highest BCUT2D eigenvalue weighted by Gasteiger charge is 2.11. The Morgan fingerprint density at radius 3 is 2.42 bits per heavy atom. The molecule has 0 bridgehead atoms. The van der Waals surface area contributed by atoms with E-state index in [1.54, 1.807) is 0 Å². The first-order valence-electron chi connectivity index (χ1n) is 8.94. The molecule has 1 N–H and O–H groups in total. The molecule has 0 saturated carbocycles. The van der Waals surface area contributed by atoms with E-state index in [0.717, 1.165) is 31.5 Å². The molecule has 0 spiro atoms. The second-order valence-electron chi connectivity index (χ2n) is 6.48. The minimum atomic E-state index is -0.934. The molecular weight excluding hydrogens is 320 g/mol. The first-order chi connectivity index (χ1) is 11.4. The van der Waals surface area contributed by atoms with Gasteiger partial charge in [0.15, 0.2) is 0 Å². The molecular formula is C19H32N2O2S. The molecule has 136 valence electrons. The van der Waals surface area contributed by atoms with Crippen LogP contribution in [0.2, 0.25) is 0 Å². The molecule has 0 aliphatic rings. The number of anilines is 1. The van der Waals surface area contributed by atoms with E-state index in [1.165, 1.54) is 18.4 Å². The van der Waals surface area contributed by atoms with E-state index in [0.29, 0.717) is 6.42 Å². The molecule has 1 atom stereocenters. The van der Waals surface area contributed by atoms with Gasteiger partial charge >= 0.3 is 0 Å². The first kappa shape index (κ1) is 20.8. The molecule has 1 aromatic carbocycles. The van der Waals surface area contributed by atoms with E-state index < -0.39 is 11.0 Å². The molecule has 1 aromatic rings. The lowest BCUT2D eigenvalue weighted by Gasteiger charge is -2.17. The number of hydrogen-bond donors (Lipinski definition) is 1. The average Bonchev–Trinajstić information content (AvgIpc) is 2.57. The van der Waals surface area contributed by atoms with Gasteiger partial charge in [0.05, 0.1) is 11.0 Å². The fourth-order valence-electron chi connectivity index (χ4n) is 2.43. The lowest BCUT2D eigenvalue weighted by atomic mass is 10.1. The number of nitrogens with one attached hydrogen (secondary N) is 1. The molecule has 24 heavy (non-hydrogen) atoms. The fraction of sp³-hybridized carbons (Fsp3) is 0.632. The van der Waals surface area contributed by atoms with Crippen LogP contribution in [0.15, 0.2) is 24.3 Å². The Morgan fingerprint density at radius 1 is 1.17 bits per heavy atom. The van der Waals surface area contributed by atoms with Crippen LogP contribution in [-0.2, 0) is 22.2 Å². The van der Waals surface area contributed by atoms with Crippen LogP contribution < -0.4 is 5.32 Å².